The number of carbonyl (C=O) groups is 1. The summed E-state index contributed by atoms with van der Waals surface area (Å²) in [6.45, 7) is 2.06. The Morgan fingerprint density at radius 1 is 1.42 bits per heavy atom. The summed E-state index contributed by atoms with van der Waals surface area (Å²) in [5, 5.41) is 12.4. The van der Waals surface area contributed by atoms with E-state index in [-0.39, 0.29) is 0 Å². The molecular weight excluding hydrogens is 268 g/mol. The third-order valence-corrected chi connectivity index (χ3v) is 2.41. The van der Waals surface area contributed by atoms with Gasteiger partial charge in [0.1, 0.15) is 0 Å². The van der Waals surface area contributed by atoms with Crippen LogP contribution in [-0.2, 0) is 9.53 Å². The quantitative estimate of drug-likeness (QED) is 0.632. The Morgan fingerprint density at radius 2 is 2.16 bits per heavy atom. The Balaban J connectivity index is 2.11. The van der Waals surface area contributed by atoms with E-state index in [1.54, 1.807) is 31.2 Å². The number of hydrogen-bond acceptors (Lipinski definition) is 5. The molecule has 0 aliphatic carbocycles. The zero-order chi connectivity index (χ0) is 13.7. The topological polar surface area (TPSA) is 69.9 Å². The fourth-order valence-electron chi connectivity index (χ4n) is 1.32. The van der Waals surface area contributed by atoms with Crippen molar-refractivity contribution in [3.05, 3.63) is 35.4 Å². The molecule has 0 unspecified atom stereocenters. The summed E-state index contributed by atoms with van der Waals surface area (Å²) in [4.78, 5) is 12.3. The van der Waals surface area contributed by atoms with E-state index in [1.165, 1.54) is 17.1 Å². The van der Waals surface area contributed by atoms with Crippen molar-refractivity contribution in [2.24, 2.45) is 0 Å². The van der Waals surface area contributed by atoms with E-state index in [2.05, 4.69) is 15.4 Å². The van der Waals surface area contributed by atoms with Gasteiger partial charge in [-0.3, -0.25) is 0 Å². The molecule has 0 aliphatic rings. The van der Waals surface area contributed by atoms with Gasteiger partial charge < -0.3 is 4.74 Å². The lowest BCUT2D eigenvalue weighted by atomic mass is 10.2. The number of aromatic nitrogens is 4. The van der Waals surface area contributed by atoms with E-state index >= 15 is 0 Å². The highest BCUT2D eigenvalue weighted by atomic mass is 35.5. The Morgan fingerprint density at radius 3 is 2.84 bits per heavy atom. The molecule has 0 saturated carbocycles. The molecule has 0 saturated heterocycles. The molecule has 0 spiro atoms. The normalized spacial score (nSPS) is 10.8. The van der Waals surface area contributed by atoms with Crippen LogP contribution >= 0.6 is 11.6 Å². The third-order valence-electron chi connectivity index (χ3n) is 2.16. The molecule has 98 valence electrons. The van der Waals surface area contributed by atoms with Gasteiger partial charge >= 0.3 is 5.97 Å². The summed E-state index contributed by atoms with van der Waals surface area (Å²) in [5.74, 6) is -0.00183. The molecule has 1 aromatic carbocycles. The van der Waals surface area contributed by atoms with Gasteiger partial charge in [0.2, 0.25) is 5.82 Å². The predicted molar refractivity (Wildman–Crippen MR) is 70.2 cm³/mol. The average Bonchev–Trinajstić information content (AvgIpc) is 2.86. The molecule has 0 bridgehead atoms. The van der Waals surface area contributed by atoms with Crippen LogP contribution in [0.3, 0.4) is 0 Å². The van der Waals surface area contributed by atoms with Crippen molar-refractivity contribution in [1.29, 1.82) is 0 Å². The van der Waals surface area contributed by atoms with Crippen LogP contribution in [0.2, 0.25) is 5.02 Å². The van der Waals surface area contributed by atoms with Crippen molar-refractivity contribution in [3.63, 3.8) is 0 Å². The molecule has 1 aromatic heterocycles. The first kappa shape index (κ1) is 13.2. The fourth-order valence-corrected chi connectivity index (χ4v) is 1.45. The number of esters is 1. The number of carbonyl (C=O) groups excluding carboxylic acids is 1. The monoisotopic (exact) mass is 278 g/mol. The summed E-state index contributed by atoms with van der Waals surface area (Å²) in [5.41, 5.74) is 0.792. The van der Waals surface area contributed by atoms with Crippen LogP contribution in [0.5, 0.6) is 0 Å². The van der Waals surface area contributed by atoms with Crippen molar-refractivity contribution < 1.29 is 9.53 Å². The van der Waals surface area contributed by atoms with E-state index in [9.17, 15) is 4.79 Å². The van der Waals surface area contributed by atoms with E-state index in [0.717, 1.165) is 5.56 Å². The second-order valence-electron chi connectivity index (χ2n) is 3.51. The molecular formula is C12H11ClN4O2. The van der Waals surface area contributed by atoms with Gasteiger partial charge in [0.15, 0.2) is 0 Å². The van der Waals surface area contributed by atoms with Gasteiger partial charge in [-0.25, -0.2) is 4.79 Å². The largest absolute Gasteiger partial charge is 0.463 e. The van der Waals surface area contributed by atoms with Gasteiger partial charge in [-0.2, -0.15) is 0 Å². The molecule has 6 nitrogen and oxygen atoms in total. The van der Waals surface area contributed by atoms with Crippen molar-refractivity contribution in [2.45, 2.75) is 6.92 Å². The van der Waals surface area contributed by atoms with Crippen molar-refractivity contribution >= 4 is 23.8 Å². The van der Waals surface area contributed by atoms with Crippen LogP contribution in [0.1, 0.15) is 6.92 Å². The second kappa shape index (κ2) is 6.10. The first-order chi connectivity index (χ1) is 9.19. The molecule has 19 heavy (non-hydrogen) atoms. The highest BCUT2D eigenvalue weighted by Gasteiger charge is 2.04. The first-order valence-electron chi connectivity index (χ1n) is 5.59. The number of halogens is 1. The fraction of sp³-hybridized carbons (Fsp3) is 0.167. The Kier molecular flexibility index (Phi) is 4.25. The van der Waals surface area contributed by atoms with E-state index < -0.39 is 5.97 Å². The van der Waals surface area contributed by atoms with Crippen LogP contribution < -0.4 is 0 Å². The number of benzene rings is 1. The zero-order valence-electron chi connectivity index (χ0n) is 10.2. The number of ether oxygens (including phenoxy) is 1. The summed E-state index contributed by atoms with van der Waals surface area (Å²) >= 11 is 5.79. The van der Waals surface area contributed by atoms with Gasteiger partial charge in [-0.1, -0.05) is 11.6 Å². The minimum atomic E-state index is -0.451. The van der Waals surface area contributed by atoms with Crippen molar-refractivity contribution in [3.8, 4) is 11.4 Å². The summed E-state index contributed by atoms with van der Waals surface area (Å²) in [7, 11) is 0. The predicted octanol–water partition coefficient (Wildman–Crippen LogP) is 2.03. The number of rotatable bonds is 4. The number of nitrogens with zero attached hydrogens (tertiary/aromatic N) is 4. The van der Waals surface area contributed by atoms with Gasteiger partial charge in [0.25, 0.3) is 0 Å². The molecule has 0 fully saturated rings. The Labute approximate surface area is 114 Å². The van der Waals surface area contributed by atoms with Gasteiger partial charge in [0.05, 0.1) is 12.8 Å². The molecule has 2 rings (SSSR count). The summed E-state index contributed by atoms with van der Waals surface area (Å²) in [6, 6.07) is 7.07. The highest BCUT2D eigenvalue weighted by molar-refractivity contribution is 6.30. The minimum absolute atomic E-state index is 0.323. The van der Waals surface area contributed by atoms with E-state index in [1.807, 2.05) is 0 Å². The maximum Gasteiger partial charge on any atom is 0.332 e. The minimum Gasteiger partial charge on any atom is -0.463 e. The molecule has 0 atom stereocenters. The Bertz CT molecular complexity index is 592. The van der Waals surface area contributed by atoms with Crippen molar-refractivity contribution in [2.75, 3.05) is 6.61 Å². The lowest BCUT2D eigenvalue weighted by Gasteiger charge is -1.94. The van der Waals surface area contributed by atoms with Crippen LogP contribution in [0.4, 0.5) is 0 Å². The standard InChI is InChI=1S/C12H11ClN4O2/c1-2-19-11(18)7-8-17-15-12(14-16-17)9-3-5-10(13)6-4-9/h3-8H,2H2,1H3/b8-7-. The van der Waals surface area contributed by atoms with Crippen LogP contribution in [0.15, 0.2) is 30.3 Å². The molecule has 0 N–H and O–H groups in total. The molecule has 2 aromatic rings. The molecule has 0 amide bonds. The van der Waals surface area contributed by atoms with Gasteiger partial charge in [0, 0.05) is 16.7 Å². The average molecular weight is 279 g/mol. The highest BCUT2D eigenvalue weighted by Crippen LogP contribution is 2.16. The molecule has 0 radical (unpaired) electrons. The van der Waals surface area contributed by atoms with Gasteiger partial charge in [-0.05, 0) is 36.4 Å². The third kappa shape index (κ3) is 3.62. The molecule has 0 aliphatic heterocycles. The smallest absolute Gasteiger partial charge is 0.332 e. The first-order valence-corrected chi connectivity index (χ1v) is 5.97. The summed E-state index contributed by atoms with van der Waals surface area (Å²) in [6.07, 6.45) is 2.61. The van der Waals surface area contributed by atoms with E-state index in [0.29, 0.717) is 17.5 Å². The SMILES string of the molecule is CCOC(=O)/C=C\n1nnc(-c2ccc(Cl)cc2)n1. The van der Waals surface area contributed by atoms with Crippen molar-refractivity contribution in [1.82, 2.24) is 20.2 Å². The lowest BCUT2D eigenvalue weighted by Crippen LogP contribution is -2.01. The van der Waals surface area contributed by atoms with E-state index in [4.69, 9.17) is 16.3 Å². The molecule has 7 heteroatoms. The van der Waals surface area contributed by atoms with Gasteiger partial charge in [-0.15, -0.1) is 15.0 Å². The van der Waals surface area contributed by atoms with Crippen LogP contribution in [-0.4, -0.2) is 32.8 Å². The Hall–Kier alpha value is -2.21. The second-order valence-corrected chi connectivity index (χ2v) is 3.94. The van der Waals surface area contributed by atoms with Crippen LogP contribution in [0.25, 0.3) is 17.6 Å². The summed E-state index contributed by atoms with van der Waals surface area (Å²) < 4.78 is 4.74. The number of hydrogen-bond donors (Lipinski definition) is 0. The molecule has 1 heterocycles. The zero-order valence-corrected chi connectivity index (χ0v) is 10.9. The maximum absolute atomic E-state index is 11.1. The number of tetrazole rings is 1. The van der Waals surface area contributed by atoms with Crippen LogP contribution in [0, 0.1) is 0 Å². The lowest BCUT2D eigenvalue weighted by molar-refractivity contribution is -0.137. The maximum atomic E-state index is 11.1.